The average molecular weight is 331 g/mol. The number of sulfonamides is 1. The van der Waals surface area contributed by atoms with Crippen LogP contribution < -0.4 is 10.0 Å². The Labute approximate surface area is 113 Å². The Morgan fingerprint density at radius 1 is 1.33 bits per heavy atom. The maximum Gasteiger partial charge on any atom is 0.241 e. The highest BCUT2D eigenvalue weighted by atomic mass is 79.9. The quantitative estimate of drug-likeness (QED) is 0.879. The van der Waals surface area contributed by atoms with E-state index in [0.717, 1.165) is 18.4 Å². The molecule has 1 heterocycles. The first-order valence-corrected chi connectivity index (χ1v) is 7.88. The zero-order chi connectivity index (χ0) is 12.9. The Hall–Kier alpha value is -0.920. The molecule has 1 amide bonds. The number of carbonyl (C=O) groups is 1. The molecule has 1 aliphatic carbocycles. The van der Waals surface area contributed by atoms with E-state index in [1.807, 2.05) is 0 Å². The van der Waals surface area contributed by atoms with Crippen molar-refractivity contribution in [1.82, 2.24) is 4.72 Å². The molecule has 7 heteroatoms. The third-order valence-corrected chi connectivity index (χ3v) is 5.45. The van der Waals surface area contributed by atoms with Gasteiger partial charge in [-0.1, -0.05) is 0 Å². The fourth-order valence-corrected chi connectivity index (χ4v) is 4.31. The number of benzene rings is 1. The van der Waals surface area contributed by atoms with E-state index in [2.05, 4.69) is 26.0 Å². The van der Waals surface area contributed by atoms with Crippen molar-refractivity contribution in [2.24, 2.45) is 0 Å². The molecule has 96 valence electrons. The molecule has 1 saturated carbocycles. The Morgan fingerprint density at radius 3 is 2.72 bits per heavy atom. The van der Waals surface area contributed by atoms with Crippen LogP contribution in [0.5, 0.6) is 0 Å². The van der Waals surface area contributed by atoms with E-state index in [9.17, 15) is 13.2 Å². The van der Waals surface area contributed by atoms with Gasteiger partial charge in [0.15, 0.2) is 0 Å². The van der Waals surface area contributed by atoms with Crippen LogP contribution in [0.15, 0.2) is 21.5 Å². The second kappa shape index (κ2) is 4.04. The summed E-state index contributed by atoms with van der Waals surface area (Å²) in [6.07, 6.45) is 2.01. The van der Waals surface area contributed by atoms with Crippen molar-refractivity contribution in [2.75, 3.05) is 5.32 Å². The first-order valence-electron chi connectivity index (χ1n) is 5.60. The van der Waals surface area contributed by atoms with Crippen LogP contribution in [0.2, 0.25) is 0 Å². The van der Waals surface area contributed by atoms with Gasteiger partial charge in [-0.05, 0) is 46.5 Å². The smallest absolute Gasteiger partial charge is 0.241 e. The van der Waals surface area contributed by atoms with Crippen molar-refractivity contribution >= 4 is 37.5 Å². The van der Waals surface area contributed by atoms with Gasteiger partial charge in [-0.2, -0.15) is 0 Å². The third kappa shape index (κ3) is 2.17. The predicted octanol–water partition coefficient (Wildman–Crippen LogP) is 1.38. The zero-order valence-corrected chi connectivity index (χ0v) is 11.8. The van der Waals surface area contributed by atoms with E-state index >= 15 is 0 Å². The molecule has 0 atom stereocenters. The summed E-state index contributed by atoms with van der Waals surface area (Å²) in [6, 6.07) is 3.26. The topological polar surface area (TPSA) is 75.3 Å². The molecular weight excluding hydrogens is 320 g/mol. The number of rotatable bonds is 3. The molecule has 1 fully saturated rings. The zero-order valence-electron chi connectivity index (χ0n) is 9.36. The number of anilines is 1. The maximum atomic E-state index is 12.1. The van der Waals surface area contributed by atoms with Gasteiger partial charge in [0.25, 0.3) is 0 Å². The van der Waals surface area contributed by atoms with Gasteiger partial charge in [-0.25, -0.2) is 13.1 Å². The maximum absolute atomic E-state index is 12.1. The molecule has 5 nitrogen and oxygen atoms in total. The summed E-state index contributed by atoms with van der Waals surface area (Å²) in [4.78, 5) is 11.5. The number of fused-ring (bicyclic) bond motifs is 1. The molecule has 0 unspecified atom stereocenters. The summed E-state index contributed by atoms with van der Waals surface area (Å²) in [5.74, 6) is -0.110. The Kier molecular flexibility index (Phi) is 2.72. The second-order valence-electron chi connectivity index (χ2n) is 4.56. The van der Waals surface area contributed by atoms with Crippen LogP contribution in [-0.4, -0.2) is 20.4 Å². The molecule has 3 rings (SSSR count). The summed E-state index contributed by atoms with van der Waals surface area (Å²) in [7, 11) is -3.50. The summed E-state index contributed by atoms with van der Waals surface area (Å²) < 4.78 is 27.4. The molecule has 0 spiro atoms. The van der Waals surface area contributed by atoms with Crippen LogP contribution in [0.25, 0.3) is 0 Å². The molecule has 0 saturated heterocycles. The van der Waals surface area contributed by atoms with Gasteiger partial charge in [-0.3, -0.25) is 4.79 Å². The van der Waals surface area contributed by atoms with Crippen LogP contribution >= 0.6 is 15.9 Å². The molecule has 18 heavy (non-hydrogen) atoms. The van der Waals surface area contributed by atoms with Crippen LogP contribution in [0.4, 0.5) is 5.69 Å². The lowest BCUT2D eigenvalue weighted by molar-refractivity contribution is -0.115. The van der Waals surface area contributed by atoms with Gasteiger partial charge in [-0.15, -0.1) is 0 Å². The molecular formula is C11H11BrN2O3S. The van der Waals surface area contributed by atoms with Gasteiger partial charge in [0.05, 0.1) is 11.3 Å². The molecule has 1 aliphatic heterocycles. The second-order valence-corrected chi connectivity index (χ2v) is 7.10. The highest BCUT2D eigenvalue weighted by Crippen LogP contribution is 2.33. The minimum Gasteiger partial charge on any atom is -0.325 e. The van der Waals surface area contributed by atoms with Crippen molar-refractivity contribution in [3.63, 3.8) is 0 Å². The fraction of sp³-hybridized carbons (Fsp3) is 0.364. The molecule has 2 aliphatic rings. The third-order valence-electron chi connectivity index (χ3n) is 2.97. The predicted molar refractivity (Wildman–Crippen MR) is 69.8 cm³/mol. The van der Waals surface area contributed by atoms with E-state index in [0.29, 0.717) is 10.2 Å². The molecule has 1 aromatic rings. The van der Waals surface area contributed by atoms with E-state index < -0.39 is 10.0 Å². The number of nitrogens with one attached hydrogen (secondary N) is 2. The van der Waals surface area contributed by atoms with E-state index in [4.69, 9.17) is 0 Å². The highest BCUT2D eigenvalue weighted by molar-refractivity contribution is 9.10. The van der Waals surface area contributed by atoms with E-state index in [1.54, 1.807) is 12.1 Å². The van der Waals surface area contributed by atoms with Crippen molar-refractivity contribution in [2.45, 2.75) is 30.2 Å². The number of halogens is 1. The molecule has 2 N–H and O–H groups in total. The highest BCUT2D eigenvalue weighted by Gasteiger charge is 2.30. The molecule has 1 aromatic carbocycles. The minimum absolute atomic E-state index is 0.0647. The van der Waals surface area contributed by atoms with E-state index in [-0.39, 0.29) is 23.3 Å². The number of amides is 1. The summed E-state index contributed by atoms with van der Waals surface area (Å²) in [5.41, 5.74) is 1.40. The standard InChI is InChI=1S/C11H11BrN2O3S/c12-8-5-9-6(4-11(15)13-9)3-10(8)18(16,17)14-7-1-2-7/h3,5,7,14H,1-2,4H2,(H,13,15). The van der Waals surface area contributed by atoms with Gasteiger partial charge < -0.3 is 5.32 Å². The van der Waals surface area contributed by atoms with Gasteiger partial charge in [0.2, 0.25) is 15.9 Å². The summed E-state index contributed by atoms with van der Waals surface area (Å²) in [5, 5.41) is 2.69. The average Bonchev–Trinajstić information content (AvgIpc) is 2.97. The Bertz CT molecular complexity index is 638. The summed E-state index contributed by atoms with van der Waals surface area (Å²) in [6.45, 7) is 0. The lowest BCUT2D eigenvalue weighted by Gasteiger charge is -2.09. The fourth-order valence-electron chi connectivity index (χ4n) is 1.92. The summed E-state index contributed by atoms with van der Waals surface area (Å²) >= 11 is 3.25. The first kappa shape index (κ1) is 12.1. The number of carbonyl (C=O) groups excluding carboxylic acids is 1. The van der Waals surface area contributed by atoms with Crippen LogP contribution in [-0.2, 0) is 21.2 Å². The van der Waals surface area contributed by atoms with E-state index in [1.165, 1.54) is 0 Å². The van der Waals surface area contributed by atoms with Crippen molar-refractivity contribution in [1.29, 1.82) is 0 Å². The Morgan fingerprint density at radius 2 is 2.06 bits per heavy atom. The van der Waals surface area contributed by atoms with Crippen molar-refractivity contribution in [3.8, 4) is 0 Å². The Balaban J connectivity index is 2.02. The lowest BCUT2D eigenvalue weighted by Crippen LogP contribution is -2.26. The molecule has 0 aromatic heterocycles. The number of hydrogen-bond donors (Lipinski definition) is 2. The lowest BCUT2D eigenvalue weighted by atomic mass is 10.2. The molecule has 0 radical (unpaired) electrons. The molecule has 0 bridgehead atoms. The van der Waals surface area contributed by atoms with Crippen LogP contribution in [0.1, 0.15) is 18.4 Å². The van der Waals surface area contributed by atoms with Gasteiger partial charge in [0.1, 0.15) is 0 Å². The SMILES string of the molecule is O=C1Cc2cc(S(=O)(=O)NC3CC3)c(Br)cc2N1. The van der Waals surface area contributed by atoms with Crippen LogP contribution in [0, 0.1) is 0 Å². The van der Waals surface area contributed by atoms with Crippen molar-refractivity contribution < 1.29 is 13.2 Å². The minimum atomic E-state index is -3.50. The largest absolute Gasteiger partial charge is 0.325 e. The first-order chi connectivity index (χ1) is 8.45. The van der Waals surface area contributed by atoms with Gasteiger partial charge in [0, 0.05) is 16.2 Å². The normalized spacial score (nSPS) is 18.6. The van der Waals surface area contributed by atoms with Gasteiger partial charge >= 0.3 is 0 Å². The number of hydrogen-bond acceptors (Lipinski definition) is 3. The van der Waals surface area contributed by atoms with Crippen molar-refractivity contribution in [3.05, 3.63) is 22.2 Å². The van der Waals surface area contributed by atoms with Crippen LogP contribution in [0.3, 0.4) is 0 Å². The monoisotopic (exact) mass is 330 g/mol.